The summed E-state index contributed by atoms with van der Waals surface area (Å²) in [4.78, 5) is 95.8. The molecule has 0 unspecified atom stereocenters. The number of ketones is 1. The van der Waals surface area contributed by atoms with Crippen LogP contribution < -0.4 is 21.3 Å². The highest BCUT2D eigenvalue weighted by atomic mass is 19.3. The quantitative estimate of drug-likeness (QED) is 0.137. The Balaban J connectivity index is 1.54. The molecular weight excluding hydrogens is 678 g/mol. The fourth-order valence-corrected chi connectivity index (χ4v) is 7.21. The maximum Gasteiger partial charge on any atom is 0.315 e. The van der Waals surface area contributed by atoms with Gasteiger partial charge < -0.3 is 26.2 Å². The number of hydrogen-bond donors (Lipinski definition) is 4. The van der Waals surface area contributed by atoms with Gasteiger partial charge in [0.2, 0.25) is 24.0 Å². The minimum Gasteiger partial charge on any atom is -0.346 e. The van der Waals surface area contributed by atoms with Gasteiger partial charge in [0.15, 0.2) is 0 Å². The summed E-state index contributed by atoms with van der Waals surface area (Å²) in [7, 11) is 0. The van der Waals surface area contributed by atoms with Crippen molar-refractivity contribution in [1.29, 1.82) is 0 Å². The standard InChI is InChI=1S/C37H50F2N6O7/c1-8-16-40-31(48)28(46)24(17-26(38)39)41-30(47)27-21-15-11-12-20(21)18-44(27)34(51)29(37(5,6)7)43-35(52)42-25(36(2,3)4)19-45-32(49)22-13-9-10-14-23(22)33(45)50/h8-10,13-14,20-21,24-27,29H,1,11-12,15-19H2,2-7H3,(H,40,48)(H,41,47)(H2,42,43,52)/t20-,21-,24-,25+,27-,29+/m0/s1. The van der Waals surface area contributed by atoms with E-state index in [9.17, 15) is 42.3 Å². The normalized spacial score (nSPS) is 21.6. The summed E-state index contributed by atoms with van der Waals surface area (Å²) in [5, 5.41) is 10.2. The predicted molar refractivity (Wildman–Crippen MR) is 187 cm³/mol. The fourth-order valence-electron chi connectivity index (χ4n) is 7.21. The third-order valence-corrected chi connectivity index (χ3v) is 10.1. The Morgan fingerprint density at radius 2 is 1.54 bits per heavy atom. The number of amides is 7. The second kappa shape index (κ2) is 15.9. The summed E-state index contributed by atoms with van der Waals surface area (Å²) in [6, 6.07) is 0.863. The smallest absolute Gasteiger partial charge is 0.315 e. The van der Waals surface area contributed by atoms with Gasteiger partial charge in [-0.1, -0.05) is 66.2 Å². The van der Waals surface area contributed by atoms with E-state index in [0.29, 0.717) is 6.42 Å². The Kier molecular flexibility index (Phi) is 12.3. The number of rotatable bonds is 13. The molecule has 0 bridgehead atoms. The number of alkyl halides is 2. The van der Waals surface area contributed by atoms with E-state index in [1.807, 2.05) is 20.8 Å². The summed E-state index contributed by atoms with van der Waals surface area (Å²) < 4.78 is 27.1. The third kappa shape index (κ3) is 8.84. The molecule has 3 aliphatic rings. The van der Waals surface area contributed by atoms with Gasteiger partial charge in [0.1, 0.15) is 18.1 Å². The number of nitrogens with zero attached hydrogens (tertiary/aromatic N) is 2. The molecular formula is C37H50F2N6O7. The monoisotopic (exact) mass is 728 g/mol. The van der Waals surface area contributed by atoms with Gasteiger partial charge in [-0.25, -0.2) is 13.6 Å². The number of nitrogens with one attached hydrogen (secondary N) is 4. The zero-order valence-corrected chi connectivity index (χ0v) is 30.6. The lowest BCUT2D eigenvalue weighted by atomic mass is 9.85. The lowest BCUT2D eigenvalue weighted by Gasteiger charge is -2.38. The number of carbonyl (C=O) groups excluding carboxylic acids is 7. The van der Waals surface area contributed by atoms with Crippen LogP contribution in [0.25, 0.3) is 0 Å². The highest BCUT2D eigenvalue weighted by Crippen LogP contribution is 2.43. The minimum atomic E-state index is -3.01. The van der Waals surface area contributed by atoms with Crippen molar-refractivity contribution in [3.05, 3.63) is 48.0 Å². The molecule has 0 spiro atoms. The Labute approximate surface area is 302 Å². The van der Waals surface area contributed by atoms with Crippen LogP contribution in [-0.2, 0) is 19.2 Å². The van der Waals surface area contributed by atoms with E-state index >= 15 is 0 Å². The fraction of sp³-hybridized carbons (Fsp3) is 0.595. The second-order valence-corrected chi connectivity index (χ2v) is 15.9. The van der Waals surface area contributed by atoms with Crippen LogP contribution in [0.1, 0.15) is 87.9 Å². The van der Waals surface area contributed by atoms with Crippen LogP contribution in [0.4, 0.5) is 13.6 Å². The number of carbonyl (C=O) groups is 7. The first-order chi connectivity index (χ1) is 24.3. The van der Waals surface area contributed by atoms with Crippen molar-refractivity contribution >= 4 is 41.4 Å². The number of urea groups is 1. The molecule has 0 aromatic heterocycles. The van der Waals surface area contributed by atoms with Crippen molar-refractivity contribution < 1.29 is 42.3 Å². The average Bonchev–Trinajstić information content (AvgIpc) is 3.73. The lowest BCUT2D eigenvalue weighted by molar-refractivity contribution is -0.145. The van der Waals surface area contributed by atoms with Gasteiger partial charge in [0.05, 0.1) is 23.7 Å². The van der Waals surface area contributed by atoms with E-state index < -0.39 is 89.2 Å². The summed E-state index contributed by atoms with van der Waals surface area (Å²) in [5.41, 5.74) is -0.974. The zero-order valence-electron chi connectivity index (χ0n) is 30.6. The molecule has 2 fully saturated rings. The molecule has 1 saturated carbocycles. The summed E-state index contributed by atoms with van der Waals surface area (Å²) >= 11 is 0. The van der Waals surface area contributed by atoms with Gasteiger partial charge in [-0.2, -0.15) is 0 Å². The molecule has 13 nitrogen and oxygen atoms in total. The van der Waals surface area contributed by atoms with Crippen LogP contribution in [0.15, 0.2) is 36.9 Å². The molecule has 2 heterocycles. The number of hydrogen-bond acceptors (Lipinski definition) is 7. The van der Waals surface area contributed by atoms with Gasteiger partial charge in [-0.15, -0.1) is 6.58 Å². The molecule has 1 aromatic carbocycles. The van der Waals surface area contributed by atoms with E-state index in [0.717, 1.165) is 17.7 Å². The van der Waals surface area contributed by atoms with E-state index in [1.165, 1.54) is 11.0 Å². The predicted octanol–water partition coefficient (Wildman–Crippen LogP) is 3.05. The number of likely N-dealkylation sites (tertiary alicyclic amines) is 1. The SMILES string of the molecule is C=CCNC(=O)C(=O)[C@H](CC(F)F)NC(=O)[C@@H]1[C@H]2CCC[C@H]2CN1C(=O)[C@@H](NC(=O)N[C@H](CN1C(=O)c2ccccc2C1=O)C(C)(C)C)C(C)(C)C. The van der Waals surface area contributed by atoms with Crippen LogP contribution in [-0.4, -0.2) is 101 Å². The van der Waals surface area contributed by atoms with Crippen molar-refractivity contribution in [3.63, 3.8) is 0 Å². The summed E-state index contributed by atoms with van der Waals surface area (Å²) in [6.07, 6.45) is -0.701. The van der Waals surface area contributed by atoms with Crippen molar-refractivity contribution in [2.75, 3.05) is 19.6 Å². The van der Waals surface area contributed by atoms with Gasteiger partial charge in [-0.3, -0.25) is 33.7 Å². The van der Waals surface area contributed by atoms with E-state index in [-0.39, 0.29) is 42.6 Å². The van der Waals surface area contributed by atoms with Crippen molar-refractivity contribution in [2.45, 2.75) is 97.8 Å². The van der Waals surface area contributed by atoms with Crippen molar-refractivity contribution in [1.82, 2.24) is 31.1 Å². The molecule has 4 N–H and O–H groups in total. The zero-order chi connectivity index (χ0) is 38.7. The first kappa shape index (κ1) is 40.1. The maximum atomic E-state index is 14.4. The first-order valence-electron chi connectivity index (χ1n) is 17.6. The van der Waals surface area contributed by atoms with Crippen LogP contribution in [0.3, 0.4) is 0 Å². The summed E-state index contributed by atoms with van der Waals surface area (Å²) in [5.74, 6) is -5.13. The number of halogens is 2. The molecule has 284 valence electrons. The Bertz CT molecular complexity index is 1570. The van der Waals surface area contributed by atoms with Crippen LogP contribution in [0.5, 0.6) is 0 Å². The van der Waals surface area contributed by atoms with Gasteiger partial charge in [0.25, 0.3) is 17.7 Å². The number of fused-ring (bicyclic) bond motifs is 2. The molecule has 52 heavy (non-hydrogen) atoms. The highest BCUT2D eigenvalue weighted by molar-refractivity contribution is 6.38. The lowest BCUT2D eigenvalue weighted by Crippen LogP contribution is -2.62. The minimum absolute atomic E-state index is 0.0702. The Morgan fingerprint density at radius 1 is 0.923 bits per heavy atom. The van der Waals surface area contributed by atoms with Gasteiger partial charge in [0, 0.05) is 19.5 Å². The van der Waals surface area contributed by atoms with Crippen molar-refractivity contribution in [2.24, 2.45) is 22.7 Å². The maximum absolute atomic E-state index is 14.4. The van der Waals surface area contributed by atoms with Gasteiger partial charge in [-0.05, 0) is 47.6 Å². The summed E-state index contributed by atoms with van der Waals surface area (Å²) in [6.45, 7) is 14.1. The van der Waals surface area contributed by atoms with E-state index in [2.05, 4.69) is 27.8 Å². The Hall–Kier alpha value is -4.69. The van der Waals surface area contributed by atoms with Crippen molar-refractivity contribution in [3.8, 4) is 0 Å². The molecule has 1 aliphatic carbocycles. The highest BCUT2D eigenvalue weighted by Gasteiger charge is 2.52. The molecule has 0 radical (unpaired) electrons. The average molecular weight is 729 g/mol. The van der Waals surface area contributed by atoms with E-state index in [4.69, 9.17) is 0 Å². The molecule has 7 amide bonds. The molecule has 6 atom stereocenters. The van der Waals surface area contributed by atoms with Crippen LogP contribution in [0.2, 0.25) is 0 Å². The molecule has 15 heteroatoms. The third-order valence-electron chi connectivity index (χ3n) is 10.1. The first-order valence-corrected chi connectivity index (χ1v) is 17.6. The van der Waals surface area contributed by atoms with Crippen LogP contribution in [0, 0.1) is 22.7 Å². The number of imide groups is 1. The molecule has 4 rings (SSSR count). The number of benzene rings is 1. The second-order valence-electron chi connectivity index (χ2n) is 15.9. The largest absolute Gasteiger partial charge is 0.346 e. The molecule has 2 aliphatic heterocycles. The number of Topliss-reactive ketones (excluding diaryl/α,β-unsaturated/α-hetero) is 1. The van der Waals surface area contributed by atoms with Crippen LogP contribution >= 0.6 is 0 Å². The van der Waals surface area contributed by atoms with E-state index in [1.54, 1.807) is 45.0 Å². The molecule has 1 aromatic rings. The Morgan fingerprint density at radius 3 is 2.08 bits per heavy atom. The topological polar surface area (TPSA) is 174 Å². The van der Waals surface area contributed by atoms with Gasteiger partial charge >= 0.3 is 6.03 Å². The molecule has 1 saturated heterocycles.